The van der Waals surface area contributed by atoms with E-state index in [1.54, 1.807) is 6.92 Å². The zero-order valence-electron chi connectivity index (χ0n) is 20.1. The number of benzene rings is 1. The Bertz CT molecular complexity index is 1000. The second kappa shape index (κ2) is 11.6. The minimum atomic E-state index is -0.909. The number of aromatic nitrogens is 1. The van der Waals surface area contributed by atoms with Crippen LogP contribution in [0.5, 0.6) is 11.5 Å². The lowest BCUT2D eigenvalue weighted by Gasteiger charge is -2.32. The second-order valence-corrected chi connectivity index (χ2v) is 8.64. The summed E-state index contributed by atoms with van der Waals surface area (Å²) in [5, 5.41) is 2.57. The first kappa shape index (κ1) is 25.2. The van der Waals surface area contributed by atoms with Gasteiger partial charge in [0.05, 0.1) is 7.11 Å². The minimum absolute atomic E-state index is 0.0980. The Hall–Kier alpha value is -3.42. The SMILES string of the molecule is COc1ccnc(C(=O)NC(C)C(=O)OC(C)C2CCC(c3ccccc3)CC2)c1OC(C)=O. The molecule has 0 saturated heterocycles. The van der Waals surface area contributed by atoms with E-state index in [1.165, 1.54) is 31.9 Å². The molecule has 0 radical (unpaired) electrons. The summed E-state index contributed by atoms with van der Waals surface area (Å²) in [6.07, 6.45) is 5.18. The summed E-state index contributed by atoms with van der Waals surface area (Å²) in [5.74, 6) is -0.908. The topological polar surface area (TPSA) is 104 Å². The van der Waals surface area contributed by atoms with Crippen LogP contribution in [0.25, 0.3) is 0 Å². The van der Waals surface area contributed by atoms with E-state index in [-0.39, 0.29) is 29.2 Å². The van der Waals surface area contributed by atoms with Gasteiger partial charge in [0.15, 0.2) is 11.4 Å². The Labute approximate surface area is 200 Å². The molecule has 0 aliphatic heterocycles. The Morgan fingerprint density at radius 2 is 1.71 bits per heavy atom. The van der Waals surface area contributed by atoms with Gasteiger partial charge in [-0.05, 0) is 56.9 Å². The quantitative estimate of drug-likeness (QED) is 0.583. The van der Waals surface area contributed by atoms with E-state index in [9.17, 15) is 14.4 Å². The first-order valence-corrected chi connectivity index (χ1v) is 11.6. The average Bonchev–Trinajstić information content (AvgIpc) is 2.84. The molecular weight excluding hydrogens is 436 g/mol. The number of carbonyl (C=O) groups excluding carboxylic acids is 3. The van der Waals surface area contributed by atoms with Crippen molar-refractivity contribution in [1.29, 1.82) is 0 Å². The van der Waals surface area contributed by atoms with Gasteiger partial charge < -0.3 is 19.5 Å². The molecule has 1 aliphatic rings. The Morgan fingerprint density at radius 1 is 1.03 bits per heavy atom. The number of rotatable bonds is 8. The molecule has 0 spiro atoms. The molecule has 8 nitrogen and oxygen atoms in total. The monoisotopic (exact) mass is 468 g/mol. The number of carbonyl (C=O) groups is 3. The first-order valence-electron chi connectivity index (χ1n) is 11.6. The lowest BCUT2D eigenvalue weighted by Crippen LogP contribution is -2.42. The Morgan fingerprint density at radius 3 is 2.32 bits per heavy atom. The van der Waals surface area contributed by atoms with E-state index < -0.39 is 23.9 Å². The molecule has 2 atom stereocenters. The van der Waals surface area contributed by atoms with Crippen LogP contribution in [-0.2, 0) is 14.3 Å². The summed E-state index contributed by atoms with van der Waals surface area (Å²) in [7, 11) is 1.39. The largest absolute Gasteiger partial charge is 0.493 e. The highest BCUT2D eigenvalue weighted by Crippen LogP contribution is 2.37. The maximum atomic E-state index is 12.8. The number of amides is 1. The highest BCUT2D eigenvalue weighted by atomic mass is 16.6. The molecule has 1 heterocycles. The van der Waals surface area contributed by atoms with Gasteiger partial charge in [-0.3, -0.25) is 9.59 Å². The van der Waals surface area contributed by atoms with E-state index in [4.69, 9.17) is 14.2 Å². The van der Waals surface area contributed by atoms with Crippen molar-refractivity contribution in [3.63, 3.8) is 0 Å². The maximum Gasteiger partial charge on any atom is 0.328 e. The molecular formula is C26H32N2O6. The van der Waals surface area contributed by atoms with Crippen molar-refractivity contribution in [3.8, 4) is 11.5 Å². The molecule has 1 aromatic carbocycles. The van der Waals surface area contributed by atoms with Crippen LogP contribution < -0.4 is 14.8 Å². The van der Waals surface area contributed by atoms with Gasteiger partial charge in [0, 0.05) is 19.2 Å². The van der Waals surface area contributed by atoms with Gasteiger partial charge in [0.25, 0.3) is 5.91 Å². The highest BCUT2D eigenvalue weighted by Gasteiger charge is 2.30. The molecule has 1 aliphatic carbocycles. The van der Waals surface area contributed by atoms with Gasteiger partial charge in [-0.25, -0.2) is 9.78 Å². The van der Waals surface area contributed by atoms with Crippen molar-refractivity contribution >= 4 is 17.8 Å². The first-order chi connectivity index (χ1) is 16.3. The second-order valence-electron chi connectivity index (χ2n) is 8.64. The summed E-state index contributed by atoms with van der Waals surface area (Å²) in [5.41, 5.74) is 1.21. The highest BCUT2D eigenvalue weighted by molar-refractivity contribution is 5.98. The van der Waals surface area contributed by atoms with Gasteiger partial charge >= 0.3 is 11.9 Å². The molecule has 1 aromatic heterocycles. The molecule has 182 valence electrons. The van der Waals surface area contributed by atoms with Crippen molar-refractivity contribution in [2.75, 3.05) is 7.11 Å². The van der Waals surface area contributed by atoms with Crippen LogP contribution in [0.3, 0.4) is 0 Å². The van der Waals surface area contributed by atoms with Gasteiger partial charge in [0.2, 0.25) is 5.75 Å². The molecule has 2 unspecified atom stereocenters. The molecule has 2 aromatic rings. The van der Waals surface area contributed by atoms with Crippen LogP contribution >= 0.6 is 0 Å². The number of nitrogens with zero attached hydrogens (tertiary/aromatic N) is 1. The lowest BCUT2D eigenvalue weighted by atomic mass is 9.77. The van der Waals surface area contributed by atoms with E-state index in [0.29, 0.717) is 5.92 Å². The number of methoxy groups -OCH3 is 1. The average molecular weight is 469 g/mol. The fourth-order valence-electron chi connectivity index (χ4n) is 4.35. The van der Waals surface area contributed by atoms with Crippen LogP contribution in [0.4, 0.5) is 0 Å². The van der Waals surface area contributed by atoms with Crippen molar-refractivity contribution in [3.05, 3.63) is 53.9 Å². The van der Waals surface area contributed by atoms with Gasteiger partial charge in [-0.1, -0.05) is 30.3 Å². The smallest absolute Gasteiger partial charge is 0.328 e. The van der Waals surface area contributed by atoms with E-state index in [1.807, 2.05) is 13.0 Å². The van der Waals surface area contributed by atoms with Crippen molar-refractivity contribution in [1.82, 2.24) is 10.3 Å². The molecule has 1 fully saturated rings. The Balaban J connectivity index is 1.55. The van der Waals surface area contributed by atoms with Crippen molar-refractivity contribution < 1.29 is 28.6 Å². The number of pyridine rings is 1. The predicted octanol–water partition coefficient (Wildman–Crippen LogP) is 4.04. The number of hydrogen-bond donors (Lipinski definition) is 1. The number of ether oxygens (including phenoxy) is 3. The van der Waals surface area contributed by atoms with Crippen LogP contribution in [-0.4, -0.2) is 42.1 Å². The van der Waals surface area contributed by atoms with E-state index >= 15 is 0 Å². The summed E-state index contributed by atoms with van der Waals surface area (Å²) >= 11 is 0. The molecule has 3 rings (SSSR count). The number of hydrogen-bond acceptors (Lipinski definition) is 7. The molecule has 1 N–H and O–H groups in total. The molecule has 1 amide bonds. The predicted molar refractivity (Wildman–Crippen MR) is 126 cm³/mol. The van der Waals surface area contributed by atoms with Gasteiger partial charge in [0.1, 0.15) is 12.1 Å². The van der Waals surface area contributed by atoms with Gasteiger partial charge in [-0.15, -0.1) is 0 Å². The van der Waals surface area contributed by atoms with Gasteiger partial charge in [-0.2, -0.15) is 0 Å². The summed E-state index contributed by atoms with van der Waals surface area (Å²) in [6.45, 7) is 4.66. The number of esters is 2. The molecule has 34 heavy (non-hydrogen) atoms. The third kappa shape index (κ3) is 6.34. The van der Waals surface area contributed by atoms with E-state index in [0.717, 1.165) is 25.7 Å². The van der Waals surface area contributed by atoms with Crippen LogP contribution in [0.1, 0.15) is 68.4 Å². The molecule has 0 bridgehead atoms. The molecule has 8 heteroatoms. The van der Waals surface area contributed by atoms with Crippen molar-refractivity contribution in [2.45, 2.75) is 64.5 Å². The van der Waals surface area contributed by atoms with Crippen molar-refractivity contribution in [2.24, 2.45) is 5.92 Å². The zero-order chi connectivity index (χ0) is 24.7. The third-order valence-electron chi connectivity index (χ3n) is 6.26. The summed E-state index contributed by atoms with van der Waals surface area (Å²) < 4.78 is 16.0. The third-order valence-corrected chi connectivity index (χ3v) is 6.26. The fourth-order valence-corrected chi connectivity index (χ4v) is 4.35. The van der Waals surface area contributed by atoms with Crippen LogP contribution in [0.2, 0.25) is 0 Å². The van der Waals surface area contributed by atoms with Crippen LogP contribution in [0.15, 0.2) is 42.6 Å². The molecule has 1 saturated carbocycles. The standard InChI is InChI=1S/C26H32N2O6/c1-16(28-25(30)23-24(34-18(3)29)22(32-4)14-15-27-23)26(31)33-17(2)19-10-12-21(13-11-19)20-8-6-5-7-9-20/h5-9,14-17,19,21H,10-13H2,1-4H3,(H,28,30). The lowest BCUT2D eigenvalue weighted by molar-refractivity contribution is -0.153. The summed E-state index contributed by atoms with van der Waals surface area (Å²) in [6, 6.07) is 11.1. The normalized spacial score (nSPS) is 19.4. The Kier molecular flexibility index (Phi) is 8.62. The summed E-state index contributed by atoms with van der Waals surface area (Å²) in [4.78, 5) is 40.9. The van der Waals surface area contributed by atoms with E-state index in [2.05, 4.69) is 34.6 Å². The minimum Gasteiger partial charge on any atom is -0.493 e. The van der Waals surface area contributed by atoms with Crippen LogP contribution in [0, 0.1) is 5.92 Å². The number of nitrogens with one attached hydrogen (secondary N) is 1. The zero-order valence-corrected chi connectivity index (χ0v) is 20.1. The fraction of sp³-hybridized carbons (Fsp3) is 0.462. The maximum absolute atomic E-state index is 12.8.